The molecular weight excluding hydrogens is 240 g/mol. The SMILES string of the molecule is OCC1OC2(CCCCC2)OC1Cc1ccccc1. The summed E-state index contributed by atoms with van der Waals surface area (Å²) in [5.74, 6) is -0.412. The maximum absolute atomic E-state index is 9.52. The van der Waals surface area contributed by atoms with E-state index in [1.807, 2.05) is 18.2 Å². The summed E-state index contributed by atoms with van der Waals surface area (Å²) in [6, 6.07) is 10.3. The van der Waals surface area contributed by atoms with Gasteiger partial charge in [0, 0.05) is 19.3 Å². The number of rotatable bonds is 3. The zero-order valence-corrected chi connectivity index (χ0v) is 11.3. The first-order chi connectivity index (χ1) is 9.31. The molecule has 1 spiro atoms. The maximum Gasteiger partial charge on any atom is 0.169 e. The minimum atomic E-state index is -0.412. The normalized spacial score (nSPS) is 29.7. The summed E-state index contributed by atoms with van der Waals surface area (Å²) < 4.78 is 12.3. The molecule has 1 aromatic carbocycles. The van der Waals surface area contributed by atoms with Crippen LogP contribution in [0.1, 0.15) is 37.7 Å². The van der Waals surface area contributed by atoms with Gasteiger partial charge in [0.25, 0.3) is 0 Å². The quantitative estimate of drug-likeness (QED) is 0.910. The molecule has 0 aromatic heterocycles. The molecule has 1 N–H and O–H groups in total. The fourth-order valence-electron chi connectivity index (χ4n) is 3.23. The smallest absolute Gasteiger partial charge is 0.169 e. The van der Waals surface area contributed by atoms with Crippen molar-refractivity contribution in [1.29, 1.82) is 0 Å². The second-order valence-electron chi connectivity index (χ2n) is 5.66. The Morgan fingerprint density at radius 1 is 1.00 bits per heavy atom. The van der Waals surface area contributed by atoms with Crippen LogP contribution in [-0.4, -0.2) is 29.7 Å². The first kappa shape index (κ1) is 13.1. The van der Waals surface area contributed by atoms with Gasteiger partial charge in [-0.05, 0) is 18.4 Å². The van der Waals surface area contributed by atoms with Crippen molar-refractivity contribution in [2.75, 3.05) is 6.61 Å². The van der Waals surface area contributed by atoms with E-state index in [0.717, 1.165) is 32.1 Å². The Kier molecular flexibility index (Phi) is 3.87. The van der Waals surface area contributed by atoms with Gasteiger partial charge in [0.2, 0.25) is 0 Å². The topological polar surface area (TPSA) is 38.7 Å². The molecule has 1 heterocycles. The molecule has 2 aliphatic rings. The maximum atomic E-state index is 9.52. The van der Waals surface area contributed by atoms with Gasteiger partial charge >= 0.3 is 0 Å². The highest BCUT2D eigenvalue weighted by atomic mass is 16.8. The number of hydrogen-bond donors (Lipinski definition) is 1. The highest BCUT2D eigenvalue weighted by molar-refractivity contribution is 5.16. The van der Waals surface area contributed by atoms with Crippen LogP contribution in [-0.2, 0) is 15.9 Å². The van der Waals surface area contributed by atoms with Crippen LogP contribution < -0.4 is 0 Å². The lowest BCUT2D eigenvalue weighted by Gasteiger charge is -2.32. The van der Waals surface area contributed by atoms with Crippen molar-refractivity contribution >= 4 is 0 Å². The fourth-order valence-corrected chi connectivity index (χ4v) is 3.23. The summed E-state index contributed by atoms with van der Waals surface area (Å²) in [5.41, 5.74) is 1.24. The van der Waals surface area contributed by atoms with Gasteiger partial charge in [0.15, 0.2) is 5.79 Å². The van der Waals surface area contributed by atoms with Gasteiger partial charge in [-0.3, -0.25) is 0 Å². The van der Waals surface area contributed by atoms with Crippen molar-refractivity contribution in [3.63, 3.8) is 0 Å². The molecular formula is C16H22O3. The van der Waals surface area contributed by atoms with Crippen LogP contribution in [0.4, 0.5) is 0 Å². The number of ether oxygens (including phenoxy) is 2. The van der Waals surface area contributed by atoms with Crippen LogP contribution in [0, 0.1) is 0 Å². The van der Waals surface area contributed by atoms with Crippen molar-refractivity contribution < 1.29 is 14.6 Å². The van der Waals surface area contributed by atoms with Crippen LogP contribution in [0.2, 0.25) is 0 Å². The molecule has 2 unspecified atom stereocenters. The third-order valence-electron chi connectivity index (χ3n) is 4.22. The molecule has 2 atom stereocenters. The van der Waals surface area contributed by atoms with Crippen LogP contribution in [0.25, 0.3) is 0 Å². The molecule has 0 radical (unpaired) electrons. The third kappa shape index (κ3) is 2.83. The predicted molar refractivity (Wildman–Crippen MR) is 72.8 cm³/mol. The monoisotopic (exact) mass is 262 g/mol. The molecule has 0 bridgehead atoms. The molecule has 1 aliphatic carbocycles. The van der Waals surface area contributed by atoms with E-state index in [1.54, 1.807) is 0 Å². The van der Waals surface area contributed by atoms with Gasteiger partial charge in [-0.25, -0.2) is 0 Å². The van der Waals surface area contributed by atoms with Crippen LogP contribution >= 0.6 is 0 Å². The Labute approximate surface area is 114 Å². The van der Waals surface area contributed by atoms with Crippen LogP contribution in [0.3, 0.4) is 0 Å². The Morgan fingerprint density at radius 2 is 1.68 bits per heavy atom. The summed E-state index contributed by atoms with van der Waals surface area (Å²) in [4.78, 5) is 0. The molecule has 2 fully saturated rings. The standard InChI is InChI=1S/C16H22O3/c17-12-15-14(11-13-7-3-1-4-8-13)18-16(19-15)9-5-2-6-10-16/h1,3-4,7-8,14-15,17H,2,5-6,9-12H2. The van der Waals surface area contributed by atoms with Gasteiger partial charge in [-0.1, -0.05) is 36.8 Å². The van der Waals surface area contributed by atoms with E-state index in [0.29, 0.717) is 0 Å². The summed E-state index contributed by atoms with van der Waals surface area (Å²) in [7, 11) is 0. The summed E-state index contributed by atoms with van der Waals surface area (Å²) in [5, 5.41) is 9.52. The lowest BCUT2D eigenvalue weighted by molar-refractivity contribution is -0.195. The molecule has 19 heavy (non-hydrogen) atoms. The highest BCUT2D eigenvalue weighted by Gasteiger charge is 2.47. The average Bonchev–Trinajstić information content (AvgIpc) is 2.78. The second kappa shape index (κ2) is 5.61. The van der Waals surface area contributed by atoms with E-state index in [-0.39, 0.29) is 18.8 Å². The Morgan fingerprint density at radius 3 is 2.37 bits per heavy atom. The summed E-state index contributed by atoms with van der Waals surface area (Å²) >= 11 is 0. The van der Waals surface area contributed by atoms with Crippen molar-refractivity contribution in [3.05, 3.63) is 35.9 Å². The van der Waals surface area contributed by atoms with Crippen molar-refractivity contribution in [2.45, 2.75) is 56.5 Å². The van der Waals surface area contributed by atoms with Crippen LogP contribution in [0.5, 0.6) is 0 Å². The average molecular weight is 262 g/mol. The second-order valence-corrected chi connectivity index (χ2v) is 5.66. The molecule has 3 heteroatoms. The lowest BCUT2D eigenvalue weighted by Crippen LogP contribution is -2.33. The minimum absolute atomic E-state index is 0.0227. The molecule has 0 amide bonds. The molecule has 1 saturated carbocycles. The van der Waals surface area contributed by atoms with Gasteiger partial charge in [0.1, 0.15) is 6.10 Å². The Balaban J connectivity index is 1.70. The number of hydrogen-bond acceptors (Lipinski definition) is 3. The van der Waals surface area contributed by atoms with Crippen LogP contribution in [0.15, 0.2) is 30.3 Å². The van der Waals surface area contributed by atoms with E-state index in [2.05, 4.69) is 12.1 Å². The zero-order chi connectivity index (χ0) is 13.1. The van der Waals surface area contributed by atoms with E-state index < -0.39 is 5.79 Å². The highest BCUT2D eigenvalue weighted by Crippen LogP contribution is 2.41. The van der Waals surface area contributed by atoms with Gasteiger partial charge in [-0.2, -0.15) is 0 Å². The molecule has 104 valence electrons. The lowest BCUT2D eigenvalue weighted by atomic mass is 9.94. The first-order valence-electron chi connectivity index (χ1n) is 7.32. The van der Waals surface area contributed by atoms with Crippen molar-refractivity contribution in [3.8, 4) is 0 Å². The largest absolute Gasteiger partial charge is 0.394 e. The molecule has 1 aromatic rings. The first-order valence-corrected chi connectivity index (χ1v) is 7.32. The summed E-state index contributed by atoms with van der Waals surface area (Å²) in [6.07, 6.45) is 6.13. The molecule has 1 saturated heterocycles. The molecule has 3 nitrogen and oxygen atoms in total. The van der Waals surface area contributed by atoms with Crippen molar-refractivity contribution in [1.82, 2.24) is 0 Å². The number of benzene rings is 1. The van der Waals surface area contributed by atoms with E-state index in [9.17, 15) is 5.11 Å². The van der Waals surface area contributed by atoms with E-state index >= 15 is 0 Å². The Bertz CT molecular complexity index is 398. The number of aliphatic hydroxyl groups is 1. The van der Waals surface area contributed by atoms with Gasteiger partial charge < -0.3 is 14.6 Å². The molecule has 1 aliphatic heterocycles. The number of aliphatic hydroxyl groups excluding tert-OH is 1. The third-order valence-corrected chi connectivity index (χ3v) is 4.22. The predicted octanol–water partition coefficient (Wildman–Crippen LogP) is 2.67. The zero-order valence-electron chi connectivity index (χ0n) is 11.3. The minimum Gasteiger partial charge on any atom is -0.394 e. The fraction of sp³-hybridized carbons (Fsp3) is 0.625. The van der Waals surface area contributed by atoms with E-state index in [1.165, 1.54) is 12.0 Å². The van der Waals surface area contributed by atoms with Crippen molar-refractivity contribution in [2.24, 2.45) is 0 Å². The van der Waals surface area contributed by atoms with Gasteiger partial charge in [-0.15, -0.1) is 0 Å². The van der Waals surface area contributed by atoms with Gasteiger partial charge in [0.05, 0.1) is 12.7 Å². The Hall–Kier alpha value is -0.900. The summed E-state index contributed by atoms with van der Waals surface area (Å²) in [6.45, 7) is 0.0409. The van der Waals surface area contributed by atoms with E-state index in [4.69, 9.17) is 9.47 Å². The molecule has 3 rings (SSSR count).